The second-order valence-electron chi connectivity index (χ2n) is 3.79. The molecule has 0 spiro atoms. The molecule has 0 aliphatic heterocycles. The Labute approximate surface area is 103 Å². The second kappa shape index (κ2) is 6.28. The number of rotatable bonds is 5. The third-order valence-corrected chi connectivity index (χ3v) is 2.29. The Morgan fingerprint density at radius 1 is 1.33 bits per heavy atom. The van der Waals surface area contributed by atoms with Crippen LogP contribution in [0.1, 0.15) is 13.8 Å². The van der Waals surface area contributed by atoms with Gasteiger partial charge in [-0.2, -0.15) is 0 Å². The lowest BCUT2D eigenvalue weighted by Crippen LogP contribution is -2.22. The monoisotopic (exact) mass is 261 g/mol. The van der Waals surface area contributed by atoms with Gasteiger partial charge < -0.3 is 10.1 Å². The molecule has 3 nitrogen and oxygen atoms in total. The van der Waals surface area contributed by atoms with Crippen LogP contribution < -0.4 is 5.32 Å². The van der Waals surface area contributed by atoms with Gasteiger partial charge >= 0.3 is 5.97 Å². The fourth-order valence-corrected chi connectivity index (χ4v) is 1.30. The molecule has 18 heavy (non-hydrogen) atoms. The summed E-state index contributed by atoms with van der Waals surface area (Å²) in [5.41, 5.74) is 0.0718. The van der Waals surface area contributed by atoms with Crippen molar-refractivity contribution in [1.82, 2.24) is 0 Å². The van der Waals surface area contributed by atoms with Crippen molar-refractivity contribution < 1.29 is 22.7 Å². The predicted octanol–water partition coefficient (Wildman–Crippen LogP) is 2.72. The van der Waals surface area contributed by atoms with Crippen molar-refractivity contribution in [3.63, 3.8) is 0 Å². The molecule has 0 radical (unpaired) electrons. The number of hydrogen-bond acceptors (Lipinski definition) is 3. The highest BCUT2D eigenvalue weighted by Crippen LogP contribution is 2.17. The summed E-state index contributed by atoms with van der Waals surface area (Å²) in [6, 6.07) is 1.66. The minimum absolute atomic E-state index is 0.0718. The summed E-state index contributed by atoms with van der Waals surface area (Å²) in [4.78, 5) is 11.3. The number of esters is 1. The molecule has 0 amide bonds. The van der Waals surface area contributed by atoms with Gasteiger partial charge in [-0.05, 0) is 6.92 Å². The van der Waals surface area contributed by atoms with E-state index in [4.69, 9.17) is 4.74 Å². The third-order valence-electron chi connectivity index (χ3n) is 2.29. The highest BCUT2D eigenvalue weighted by atomic mass is 19.2. The van der Waals surface area contributed by atoms with Crippen LogP contribution in [0.25, 0.3) is 0 Å². The maximum Gasteiger partial charge on any atom is 0.310 e. The smallest absolute Gasteiger partial charge is 0.310 e. The minimum atomic E-state index is -1.51. The minimum Gasteiger partial charge on any atom is -0.466 e. The number of hydrogen-bond donors (Lipinski definition) is 1. The van der Waals surface area contributed by atoms with Gasteiger partial charge in [0.2, 0.25) is 0 Å². The van der Waals surface area contributed by atoms with Crippen molar-refractivity contribution in [3.05, 3.63) is 29.6 Å². The zero-order valence-electron chi connectivity index (χ0n) is 10.1. The summed E-state index contributed by atoms with van der Waals surface area (Å²) in [6.45, 7) is 3.70. The quantitative estimate of drug-likeness (QED) is 0.654. The van der Waals surface area contributed by atoms with Gasteiger partial charge in [0.1, 0.15) is 0 Å². The maximum atomic E-state index is 12.9. The average molecular weight is 261 g/mol. The van der Waals surface area contributed by atoms with E-state index in [0.717, 1.165) is 12.1 Å². The standard InChI is InChI=1S/C12H14F3NO2/c1-3-18-12(17)7(2)6-16-8-4-9(13)11(15)10(14)5-8/h4-5,7,16H,3,6H2,1-2H3. The summed E-state index contributed by atoms with van der Waals surface area (Å²) in [5, 5.41) is 2.65. The van der Waals surface area contributed by atoms with Gasteiger partial charge in [0.15, 0.2) is 17.5 Å². The topological polar surface area (TPSA) is 38.3 Å². The largest absolute Gasteiger partial charge is 0.466 e. The van der Waals surface area contributed by atoms with Crippen LogP contribution >= 0.6 is 0 Å². The van der Waals surface area contributed by atoms with E-state index < -0.39 is 29.3 Å². The summed E-state index contributed by atoms with van der Waals surface area (Å²) >= 11 is 0. The molecule has 0 aliphatic rings. The number of halogens is 3. The highest BCUT2D eigenvalue weighted by Gasteiger charge is 2.15. The van der Waals surface area contributed by atoms with E-state index in [9.17, 15) is 18.0 Å². The number of ether oxygens (including phenoxy) is 1. The van der Waals surface area contributed by atoms with Crippen molar-refractivity contribution in [2.24, 2.45) is 5.92 Å². The molecular formula is C12H14F3NO2. The van der Waals surface area contributed by atoms with Crippen LogP contribution in [-0.4, -0.2) is 19.1 Å². The lowest BCUT2D eigenvalue weighted by atomic mass is 10.2. The van der Waals surface area contributed by atoms with Crippen molar-refractivity contribution in [2.75, 3.05) is 18.5 Å². The summed E-state index contributed by atoms with van der Waals surface area (Å²) < 4.78 is 43.3. The molecule has 0 fully saturated rings. The summed E-state index contributed by atoms with van der Waals surface area (Å²) in [7, 11) is 0. The fraction of sp³-hybridized carbons (Fsp3) is 0.417. The molecule has 0 saturated heterocycles. The lowest BCUT2D eigenvalue weighted by molar-refractivity contribution is -0.146. The SMILES string of the molecule is CCOC(=O)C(C)CNc1cc(F)c(F)c(F)c1. The van der Waals surface area contributed by atoms with Gasteiger partial charge in [-0.1, -0.05) is 6.92 Å². The first-order valence-electron chi connectivity index (χ1n) is 5.50. The van der Waals surface area contributed by atoms with E-state index >= 15 is 0 Å². The molecule has 0 aromatic heterocycles. The van der Waals surface area contributed by atoms with Gasteiger partial charge in [0.05, 0.1) is 12.5 Å². The van der Waals surface area contributed by atoms with E-state index in [1.165, 1.54) is 0 Å². The molecule has 1 aromatic carbocycles. The number of anilines is 1. The second-order valence-corrected chi connectivity index (χ2v) is 3.79. The van der Waals surface area contributed by atoms with Crippen LogP contribution in [0.4, 0.5) is 18.9 Å². The number of benzene rings is 1. The molecule has 0 bridgehead atoms. The van der Waals surface area contributed by atoms with Crippen LogP contribution in [0, 0.1) is 23.4 Å². The first-order valence-corrected chi connectivity index (χ1v) is 5.50. The van der Waals surface area contributed by atoms with Crippen molar-refractivity contribution in [3.8, 4) is 0 Å². The van der Waals surface area contributed by atoms with E-state index in [1.807, 2.05) is 0 Å². The zero-order chi connectivity index (χ0) is 13.7. The Morgan fingerprint density at radius 3 is 2.39 bits per heavy atom. The van der Waals surface area contributed by atoms with Crippen molar-refractivity contribution in [2.45, 2.75) is 13.8 Å². The van der Waals surface area contributed by atoms with Crippen LogP contribution in [0.5, 0.6) is 0 Å². The molecule has 1 unspecified atom stereocenters. The van der Waals surface area contributed by atoms with Crippen LogP contribution in [-0.2, 0) is 9.53 Å². The molecule has 1 N–H and O–H groups in total. The molecule has 6 heteroatoms. The third kappa shape index (κ3) is 3.65. The Bertz CT molecular complexity index is 414. The first-order chi connectivity index (χ1) is 8.45. The van der Waals surface area contributed by atoms with Crippen LogP contribution in [0.15, 0.2) is 12.1 Å². The van der Waals surface area contributed by atoms with E-state index in [0.29, 0.717) is 0 Å². The first kappa shape index (κ1) is 14.3. The van der Waals surface area contributed by atoms with Gasteiger partial charge in [-0.3, -0.25) is 4.79 Å². The predicted molar refractivity (Wildman–Crippen MR) is 60.6 cm³/mol. The van der Waals surface area contributed by atoms with E-state index in [1.54, 1.807) is 13.8 Å². The van der Waals surface area contributed by atoms with E-state index in [-0.39, 0.29) is 18.8 Å². The molecule has 1 rings (SSSR count). The van der Waals surface area contributed by atoms with Crippen LogP contribution in [0.2, 0.25) is 0 Å². The Kier molecular flexibility index (Phi) is 5.00. The van der Waals surface area contributed by atoms with Crippen molar-refractivity contribution in [1.29, 1.82) is 0 Å². The Hall–Kier alpha value is -1.72. The number of nitrogens with one attached hydrogen (secondary N) is 1. The molecule has 1 atom stereocenters. The molecular weight excluding hydrogens is 247 g/mol. The van der Waals surface area contributed by atoms with Crippen molar-refractivity contribution >= 4 is 11.7 Å². The Morgan fingerprint density at radius 2 is 1.89 bits per heavy atom. The van der Waals surface area contributed by atoms with Gasteiger partial charge in [0.25, 0.3) is 0 Å². The summed E-state index contributed by atoms with van der Waals surface area (Å²) in [6.07, 6.45) is 0. The average Bonchev–Trinajstić information content (AvgIpc) is 2.33. The molecule has 0 heterocycles. The fourth-order valence-electron chi connectivity index (χ4n) is 1.30. The highest BCUT2D eigenvalue weighted by molar-refractivity contribution is 5.72. The van der Waals surface area contributed by atoms with Gasteiger partial charge in [0, 0.05) is 24.4 Å². The van der Waals surface area contributed by atoms with Gasteiger partial charge in [-0.15, -0.1) is 0 Å². The van der Waals surface area contributed by atoms with E-state index in [2.05, 4.69) is 5.32 Å². The molecule has 0 aliphatic carbocycles. The molecule has 100 valence electrons. The number of carbonyl (C=O) groups is 1. The Balaban J connectivity index is 2.61. The normalized spacial score (nSPS) is 12.1. The lowest BCUT2D eigenvalue weighted by Gasteiger charge is -2.12. The molecule has 1 aromatic rings. The zero-order valence-corrected chi connectivity index (χ0v) is 10.1. The van der Waals surface area contributed by atoms with Gasteiger partial charge in [-0.25, -0.2) is 13.2 Å². The molecule has 0 saturated carbocycles. The maximum absolute atomic E-state index is 12.9. The number of carbonyl (C=O) groups excluding carboxylic acids is 1. The van der Waals surface area contributed by atoms with Crippen LogP contribution in [0.3, 0.4) is 0 Å². The summed E-state index contributed by atoms with van der Waals surface area (Å²) in [5.74, 6) is -4.95.